The molecule has 0 aliphatic heterocycles. The number of aryl methyl sites for hydroxylation is 4. The molecule has 8 aromatic heterocycles. The maximum Gasteiger partial charge on any atom is 0.248 e. The Morgan fingerprint density at radius 2 is 0.890 bits per heavy atom. The molecule has 12 rings (SSSR count). The van der Waals surface area contributed by atoms with E-state index in [2.05, 4.69) is 65.5 Å². The lowest BCUT2D eigenvalue weighted by atomic mass is 9.79. The van der Waals surface area contributed by atoms with E-state index in [-0.39, 0.29) is 49.6 Å². The van der Waals surface area contributed by atoms with Crippen molar-refractivity contribution in [2.45, 2.75) is 128 Å². The van der Waals surface area contributed by atoms with Gasteiger partial charge in [-0.1, -0.05) is 60.7 Å². The number of imidazole rings is 2. The summed E-state index contributed by atoms with van der Waals surface area (Å²) in [7, 11) is 7.02. The molecular weight excluding hydrogens is 1050 g/mol. The molecule has 14 nitrogen and oxygen atoms in total. The van der Waals surface area contributed by atoms with E-state index in [4.69, 9.17) is 19.4 Å². The van der Waals surface area contributed by atoms with Gasteiger partial charge < -0.3 is 38.0 Å². The van der Waals surface area contributed by atoms with Crippen molar-refractivity contribution in [3.05, 3.63) is 144 Å². The molecular formula is C64H70F4N10O4. The van der Waals surface area contributed by atoms with Crippen molar-refractivity contribution in [1.29, 1.82) is 0 Å². The van der Waals surface area contributed by atoms with Crippen molar-refractivity contribution in [3.63, 3.8) is 0 Å². The maximum absolute atomic E-state index is 14.4. The number of methoxy groups -OCH3 is 2. The van der Waals surface area contributed by atoms with Crippen molar-refractivity contribution in [3.8, 4) is 34.3 Å². The Labute approximate surface area is 473 Å². The van der Waals surface area contributed by atoms with Crippen LogP contribution in [0.15, 0.2) is 110 Å². The summed E-state index contributed by atoms with van der Waals surface area (Å²) in [6.45, 7) is 10.7. The zero-order valence-corrected chi connectivity index (χ0v) is 48.1. The first-order valence-electron chi connectivity index (χ1n) is 28.0. The average Bonchev–Trinajstić information content (AvgIpc) is 1.85. The van der Waals surface area contributed by atoms with Gasteiger partial charge in [-0.2, -0.15) is 0 Å². The minimum Gasteiger partial charge on any atom is -0.480 e. The Hall–Kier alpha value is -7.70. The monoisotopic (exact) mass is 1120 g/mol. The highest BCUT2D eigenvalue weighted by molar-refractivity contribution is 6.10. The third kappa shape index (κ3) is 10.4. The number of hydrogen-bond acceptors (Lipinski definition) is 10. The van der Waals surface area contributed by atoms with Crippen molar-refractivity contribution in [1.82, 2.24) is 48.2 Å². The molecule has 8 heterocycles. The van der Waals surface area contributed by atoms with Crippen LogP contribution in [0.3, 0.4) is 0 Å². The van der Waals surface area contributed by atoms with Gasteiger partial charge in [0, 0.05) is 63.3 Å². The quantitative estimate of drug-likeness (QED) is 0.113. The summed E-state index contributed by atoms with van der Waals surface area (Å²) in [6.07, 6.45) is 8.21. The van der Waals surface area contributed by atoms with Gasteiger partial charge in [0.2, 0.25) is 23.6 Å². The van der Waals surface area contributed by atoms with Crippen LogP contribution in [0.25, 0.3) is 66.4 Å². The molecule has 2 aliphatic carbocycles. The molecule has 2 N–H and O–H groups in total. The summed E-state index contributed by atoms with van der Waals surface area (Å²) in [6, 6.07) is 27.6. The number of benzene rings is 2. The molecule has 0 bridgehead atoms. The van der Waals surface area contributed by atoms with E-state index in [1.54, 1.807) is 54.6 Å². The highest BCUT2D eigenvalue weighted by Crippen LogP contribution is 2.50. The van der Waals surface area contributed by atoms with Crippen LogP contribution in [-0.4, -0.2) is 84.4 Å². The van der Waals surface area contributed by atoms with Gasteiger partial charge in [-0.25, -0.2) is 37.5 Å². The van der Waals surface area contributed by atoms with Crippen LogP contribution in [0.5, 0.6) is 11.8 Å². The fourth-order valence-corrected chi connectivity index (χ4v) is 12.8. The molecule has 2 saturated carbocycles. The molecule has 428 valence electrons. The molecule has 2 aromatic carbocycles. The van der Waals surface area contributed by atoms with Crippen LogP contribution in [0.1, 0.15) is 125 Å². The minimum absolute atomic E-state index is 0.0392. The highest BCUT2D eigenvalue weighted by Gasteiger charge is 2.42. The smallest absolute Gasteiger partial charge is 0.248 e. The normalized spacial score (nSPS) is 16.9. The molecule has 2 unspecified atom stereocenters. The van der Waals surface area contributed by atoms with Crippen LogP contribution in [0.2, 0.25) is 0 Å². The molecule has 2 aliphatic rings. The highest BCUT2D eigenvalue weighted by atomic mass is 19.3. The number of aliphatic hydroxyl groups is 2. The van der Waals surface area contributed by atoms with E-state index in [0.717, 1.165) is 77.9 Å². The van der Waals surface area contributed by atoms with Crippen LogP contribution in [-0.2, 0) is 25.3 Å². The third-order valence-electron chi connectivity index (χ3n) is 16.9. The minimum atomic E-state index is -2.65. The molecule has 0 spiro atoms. The lowest BCUT2D eigenvalue weighted by Crippen LogP contribution is -2.30. The van der Waals surface area contributed by atoms with Crippen molar-refractivity contribution < 1.29 is 37.2 Å². The number of halogens is 4. The van der Waals surface area contributed by atoms with Crippen molar-refractivity contribution in [2.24, 2.45) is 25.9 Å². The molecule has 82 heavy (non-hydrogen) atoms. The SMILES string of the molecule is COc1nc(C(C)(C)O)cc2c1c1ncc(-c3c(C)ncn3C)cc1n2C(c1ccccc1)C1CCC(F)(F)CC1.COc1nc(C(C)(C)O)cc2c1c1ncc(-c3c(C)ncn3C)cc1n2C(c1ccccc1)C1CCC(F)(F)CC1. The van der Waals surface area contributed by atoms with Gasteiger partial charge in [0.05, 0.1) is 106 Å². The number of pyridine rings is 4. The van der Waals surface area contributed by atoms with Gasteiger partial charge in [0.25, 0.3) is 0 Å². The van der Waals surface area contributed by atoms with E-state index in [0.29, 0.717) is 59.9 Å². The van der Waals surface area contributed by atoms with E-state index in [1.165, 1.54) is 0 Å². The third-order valence-corrected chi connectivity index (χ3v) is 16.9. The largest absolute Gasteiger partial charge is 0.480 e. The number of aromatic nitrogens is 10. The molecule has 0 saturated heterocycles. The second-order valence-corrected chi connectivity index (χ2v) is 23.5. The maximum atomic E-state index is 14.4. The van der Waals surface area contributed by atoms with Gasteiger partial charge in [0.1, 0.15) is 22.2 Å². The second kappa shape index (κ2) is 21.2. The van der Waals surface area contributed by atoms with Crippen LogP contribution < -0.4 is 9.47 Å². The Balaban J connectivity index is 0.000000172. The topological polar surface area (TPSA) is 156 Å². The number of rotatable bonds is 12. The van der Waals surface area contributed by atoms with E-state index >= 15 is 0 Å². The van der Waals surface area contributed by atoms with E-state index in [1.807, 2.05) is 98.0 Å². The molecule has 0 amide bonds. The standard InChI is InChI=1S/2C32H35F2N5O2/c2*1-19-28(38(4)18-36-19)22-15-24-27(35-17-22)26-23(16-25(31(2,3)40)37-30(26)41-5)39(24)29(20-9-7-6-8-10-20)21-11-13-32(33,34)14-12-21/h2*6-10,15-18,21,29,40H,11-14H2,1-5H3. The Morgan fingerprint density at radius 1 is 0.537 bits per heavy atom. The zero-order valence-electron chi connectivity index (χ0n) is 48.1. The van der Waals surface area contributed by atoms with Gasteiger partial charge >= 0.3 is 0 Å². The number of hydrogen-bond donors (Lipinski definition) is 2. The van der Waals surface area contributed by atoms with Crippen molar-refractivity contribution >= 4 is 43.9 Å². The molecule has 10 aromatic rings. The number of nitrogens with zero attached hydrogens (tertiary/aromatic N) is 10. The van der Waals surface area contributed by atoms with E-state index < -0.39 is 23.0 Å². The Kier molecular flexibility index (Phi) is 14.6. The van der Waals surface area contributed by atoms with Crippen LogP contribution in [0.4, 0.5) is 17.6 Å². The lowest BCUT2D eigenvalue weighted by Gasteiger charge is -2.36. The summed E-state index contributed by atoms with van der Waals surface area (Å²) in [5.41, 5.74) is 10.7. The molecule has 0 radical (unpaired) electrons. The van der Waals surface area contributed by atoms with Gasteiger partial charge in [0.15, 0.2) is 0 Å². The Bertz CT molecular complexity index is 3670. The summed E-state index contributed by atoms with van der Waals surface area (Å²) in [5.74, 6) is -4.65. The van der Waals surface area contributed by atoms with Crippen molar-refractivity contribution in [2.75, 3.05) is 14.2 Å². The molecule has 18 heteroatoms. The molecule has 2 atom stereocenters. The van der Waals surface area contributed by atoms with E-state index in [9.17, 15) is 27.8 Å². The van der Waals surface area contributed by atoms with Gasteiger partial charge in [-0.05, 0) is 114 Å². The predicted octanol–water partition coefficient (Wildman–Crippen LogP) is 13.9. The van der Waals surface area contributed by atoms with Gasteiger partial charge in [-0.15, -0.1) is 0 Å². The first kappa shape index (κ1) is 56.2. The first-order chi connectivity index (χ1) is 39.0. The molecule has 2 fully saturated rings. The Morgan fingerprint density at radius 3 is 1.20 bits per heavy atom. The summed E-state index contributed by atoms with van der Waals surface area (Å²) in [5, 5.41) is 23.4. The number of ether oxygens (including phenoxy) is 2. The first-order valence-corrected chi connectivity index (χ1v) is 28.0. The average molecular weight is 1120 g/mol. The predicted molar refractivity (Wildman–Crippen MR) is 311 cm³/mol. The van der Waals surface area contributed by atoms with Crippen LogP contribution in [0, 0.1) is 25.7 Å². The lowest BCUT2D eigenvalue weighted by molar-refractivity contribution is -0.0498. The summed E-state index contributed by atoms with van der Waals surface area (Å²) >= 11 is 0. The van der Waals surface area contributed by atoms with Gasteiger partial charge in [-0.3, -0.25) is 9.97 Å². The fraction of sp³-hybridized carbons (Fsp3) is 0.406. The number of fused-ring (bicyclic) bond motifs is 6. The second-order valence-electron chi connectivity index (χ2n) is 23.5. The fourth-order valence-electron chi connectivity index (χ4n) is 12.8. The zero-order chi connectivity index (χ0) is 58.2. The summed E-state index contributed by atoms with van der Waals surface area (Å²) in [4.78, 5) is 28.2. The van der Waals surface area contributed by atoms with Crippen LogP contribution >= 0.6 is 0 Å². The summed E-state index contributed by atoms with van der Waals surface area (Å²) < 4.78 is 77.5. The number of alkyl halides is 4.